The minimum Gasteiger partial charge on any atom is -0.393 e. The number of hydrogen-bond donors (Lipinski definition) is 2. The van der Waals surface area contributed by atoms with Crippen molar-refractivity contribution in [2.75, 3.05) is 0 Å². The highest BCUT2D eigenvalue weighted by Crippen LogP contribution is 2.67. The third-order valence-electron chi connectivity index (χ3n) is 10.8. The van der Waals surface area contributed by atoms with Crippen LogP contribution in [0, 0.1) is 52.3 Å². The molecule has 3 saturated carbocycles. The van der Waals surface area contributed by atoms with E-state index in [4.69, 9.17) is 0 Å². The highest BCUT2D eigenvalue weighted by atomic mass is 16.3. The van der Waals surface area contributed by atoms with Gasteiger partial charge in [-0.05, 0) is 104 Å². The van der Waals surface area contributed by atoms with Crippen LogP contribution in [-0.2, 0) is 0 Å². The molecule has 0 aromatic heterocycles. The van der Waals surface area contributed by atoms with Gasteiger partial charge in [-0.15, -0.1) is 0 Å². The Labute approximate surface area is 191 Å². The number of fused-ring (bicyclic) bond motifs is 5. The Morgan fingerprint density at radius 1 is 1.00 bits per heavy atom. The van der Waals surface area contributed by atoms with Crippen molar-refractivity contribution in [1.82, 2.24) is 0 Å². The van der Waals surface area contributed by atoms with E-state index in [0.717, 1.165) is 25.2 Å². The van der Waals surface area contributed by atoms with Crippen LogP contribution in [0.25, 0.3) is 0 Å². The molecule has 4 aliphatic carbocycles. The third-order valence-corrected chi connectivity index (χ3v) is 10.8. The molecule has 4 aliphatic rings. The molecule has 0 spiro atoms. The Balaban J connectivity index is 1.56. The monoisotopic (exact) mass is 428 g/mol. The summed E-state index contributed by atoms with van der Waals surface area (Å²) in [5.74, 6) is 4.38. The van der Waals surface area contributed by atoms with Gasteiger partial charge in [0.2, 0.25) is 0 Å². The average molecular weight is 429 g/mol. The van der Waals surface area contributed by atoms with Gasteiger partial charge in [-0.2, -0.15) is 0 Å². The molecule has 2 nitrogen and oxygen atoms in total. The molecule has 0 amide bonds. The van der Waals surface area contributed by atoms with Crippen molar-refractivity contribution in [2.24, 2.45) is 52.3 Å². The van der Waals surface area contributed by atoms with Gasteiger partial charge in [-0.3, -0.25) is 0 Å². The summed E-state index contributed by atoms with van der Waals surface area (Å²) >= 11 is 0. The van der Waals surface area contributed by atoms with E-state index >= 15 is 0 Å². The topological polar surface area (TPSA) is 40.5 Å². The third kappa shape index (κ3) is 3.88. The Kier molecular flexibility index (Phi) is 6.56. The molecule has 0 saturated heterocycles. The summed E-state index contributed by atoms with van der Waals surface area (Å²) in [6, 6.07) is 0. The van der Waals surface area contributed by atoms with Crippen LogP contribution in [0.2, 0.25) is 0 Å². The molecule has 2 heteroatoms. The lowest BCUT2D eigenvalue weighted by atomic mass is 9.46. The summed E-state index contributed by atoms with van der Waals surface area (Å²) < 4.78 is 0. The van der Waals surface area contributed by atoms with E-state index < -0.39 is 0 Å². The molecule has 4 rings (SSSR count). The van der Waals surface area contributed by atoms with E-state index in [-0.39, 0.29) is 17.6 Å². The molecule has 0 heterocycles. The van der Waals surface area contributed by atoms with Crippen LogP contribution in [0.1, 0.15) is 92.9 Å². The summed E-state index contributed by atoms with van der Waals surface area (Å²) in [6.07, 6.45) is 15.9. The SMILES string of the molecule is CC[C@H](C=C[C@@H](C)[C@H]1CC[C@H]2[C@@H]3[C@@H](O)C=C4C[C@@H](O)CC[C@]4(C)[C@H]3CC[C@]12C)C(C)C. The van der Waals surface area contributed by atoms with Gasteiger partial charge in [0.25, 0.3) is 0 Å². The maximum absolute atomic E-state index is 11.3. The maximum Gasteiger partial charge on any atom is 0.0757 e. The molecule has 0 unspecified atom stereocenters. The van der Waals surface area contributed by atoms with Crippen molar-refractivity contribution in [2.45, 2.75) is 105 Å². The molecule has 2 N–H and O–H groups in total. The van der Waals surface area contributed by atoms with E-state index in [2.05, 4.69) is 59.8 Å². The highest BCUT2D eigenvalue weighted by Gasteiger charge is 2.61. The molecule has 10 atom stereocenters. The number of hydrogen-bond acceptors (Lipinski definition) is 2. The standard InChI is InChI=1S/C29H48O2/c1-7-20(18(2)3)9-8-19(4)23-10-11-24-27-25(13-15-29(23,24)6)28(5)14-12-22(30)16-21(28)17-26(27)31/h8-9,17-20,22-27,30-31H,7,10-16H2,1-6H3/t19-,20-,22+,23-,24+,25+,26+,27+,28+,29-/m1/s1. The molecule has 3 fully saturated rings. The average Bonchev–Trinajstić information content (AvgIpc) is 3.06. The molecular weight excluding hydrogens is 380 g/mol. The zero-order chi connectivity index (χ0) is 22.6. The first-order valence-electron chi connectivity index (χ1n) is 13.4. The fraction of sp³-hybridized carbons (Fsp3) is 0.862. The van der Waals surface area contributed by atoms with Crippen LogP contribution in [0.15, 0.2) is 23.8 Å². The number of rotatable bonds is 5. The van der Waals surface area contributed by atoms with Crippen molar-refractivity contribution in [3.8, 4) is 0 Å². The minimum absolute atomic E-state index is 0.194. The van der Waals surface area contributed by atoms with Crippen molar-refractivity contribution < 1.29 is 10.2 Å². The van der Waals surface area contributed by atoms with Crippen LogP contribution in [-0.4, -0.2) is 22.4 Å². The fourth-order valence-electron chi connectivity index (χ4n) is 8.82. The van der Waals surface area contributed by atoms with Crippen molar-refractivity contribution in [3.05, 3.63) is 23.8 Å². The maximum atomic E-state index is 11.3. The predicted molar refractivity (Wildman–Crippen MR) is 130 cm³/mol. The largest absolute Gasteiger partial charge is 0.393 e. The summed E-state index contributed by atoms with van der Waals surface area (Å²) in [5, 5.41) is 21.6. The first-order chi connectivity index (χ1) is 14.6. The molecule has 176 valence electrons. The minimum atomic E-state index is -0.321. The van der Waals surface area contributed by atoms with E-state index in [9.17, 15) is 10.2 Å². The Bertz CT molecular complexity index is 708. The van der Waals surface area contributed by atoms with Crippen LogP contribution < -0.4 is 0 Å². The summed E-state index contributed by atoms with van der Waals surface area (Å²) in [7, 11) is 0. The first-order valence-corrected chi connectivity index (χ1v) is 13.4. The van der Waals surface area contributed by atoms with Crippen LogP contribution >= 0.6 is 0 Å². The second kappa shape index (κ2) is 8.64. The molecule has 31 heavy (non-hydrogen) atoms. The summed E-state index contributed by atoms with van der Waals surface area (Å²) in [6.45, 7) is 14.5. The lowest BCUT2D eigenvalue weighted by molar-refractivity contribution is -0.0950. The van der Waals surface area contributed by atoms with Gasteiger partial charge in [-0.25, -0.2) is 0 Å². The van der Waals surface area contributed by atoms with E-state index in [1.165, 1.54) is 37.7 Å². The van der Waals surface area contributed by atoms with Gasteiger partial charge in [0.05, 0.1) is 12.2 Å². The molecule has 0 radical (unpaired) electrons. The molecule has 0 bridgehead atoms. The quantitative estimate of drug-likeness (QED) is 0.474. The lowest BCUT2D eigenvalue weighted by Crippen LogP contribution is -2.54. The van der Waals surface area contributed by atoms with Crippen molar-refractivity contribution in [1.29, 1.82) is 0 Å². The molecule has 0 aromatic rings. The van der Waals surface area contributed by atoms with Crippen LogP contribution in [0.5, 0.6) is 0 Å². The van der Waals surface area contributed by atoms with E-state index in [1.807, 2.05) is 0 Å². The number of allylic oxidation sites excluding steroid dienone is 2. The zero-order valence-corrected chi connectivity index (χ0v) is 21.0. The summed E-state index contributed by atoms with van der Waals surface area (Å²) in [4.78, 5) is 0. The van der Waals surface area contributed by atoms with Crippen molar-refractivity contribution >= 4 is 0 Å². The Morgan fingerprint density at radius 2 is 1.74 bits per heavy atom. The zero-order valence-electron chi connectivity index (χ0n) is 21.0. The van der Waals surface area contributed by atoms with Gasteiger partial charge in [-0.1, -0.05) is 65.3 Å². The second-order valence-corrected chi connectivity index (χ2v) is 12.6. The number of aliphatic hydroxyl groups is 2. The molecule has 0 aliphatic heterocycles. The molecule has 0 aromatic carbocycles. The van der Waals surface area contributed by atoms with Crippen LogP contribution in [0.3, 0.4) is 0 Å². The Morgan fingerprint density at radius 3 is 2.42 bits per heavy atom. The van der Waals surface area contributed by atoms with Crippen molar-refractivity contribution in [3.63, 3.8) is 0 Å². The highest BCUT2D eigenvalue weighted by molar-refractivity contribution is 5.28. The normalized spacial score (nSPS) is 46.9. The summed E-state index contributed by atoms with van der Waals surface area (Å²) in [5.41, 5.74) is 1.90. The Hall–Kier alpha value is -0.600. The first kappa shape index (κ1) is 23.6. The smallest absolute Gasteiger partial charge is 0.0757 e. The van der Waals surface area contributed by atoms with Crippen LogP contribution in [0.4, 0.5) is 0 Å². The van der Waals surface area contributed by atoms with Gasteiger partial charge in [0, 0.05) is 0 Å². The van der Waals surface area contributed by atoms with Gasteiger partial charge in [0.15, 0.2) is 0 Å². The van der Waals surface area contributed by atoms with Gasteiger partial charge in [0.1, 0.15) is 0 Å². The van der Waals surface area contributed by atoms with E-state index in [0.29, 0.717) is 40.9 Å². The lowest BCUT2D eigenvalue weighted by Gasteiger charge is -2.59. The predicted octanol–water partition coefficient (Wildman–Crippen LogP) is 6.77. The number of aliphatic hydroxyl groups excluding tert-OH is 2. The second-order valence-electron chi connectivity index (χ2n) is 12.6. The van der Waals surface area contributed by atoms with E-state index in [1.54, 1.807) is 0 Å². The fourth-order valence-corrected chi connectivity index (χ4v) is 8.82. The van der Waals surface area contributed by atoms with Gasteiger partial charge < -0.3 is 10.2 Å². The molecular formula is C29H48O2. The van der Waals surface area contributed by atoms with Gasteiger partial charge >= 0.3 is 0 Å².